The van der Waals surface area contributed by atoms with Crippen LogP contribution in [0, 0.1) is 12.7 Å². The van der Waals surface area contributed by atoms with Gasteiger partial charge in [0.25, 0.3) is 0 Å². The molecule has 0 aliphatic rings. The number of hydrogen-bond donors (Lipinski definition) is 2. The average Bonchev–Trinajstić information content (AvgIpc) is 2.77. The summed E-state index contributed by atoms with van der Waals surface area (Å²) in [7, 11) is 0. The molecular weight excluding hydrogens is 309 g/mol. The molecule has 0 aliphatic heterocycles. The minimum absolute atomic E-state index is 0.217. The largest absolute Gasteiger partial charge is 0.313 e. The first-order valence-electron chi connectivity index (χ1n) is 6.30. The standard InChI is InChI=1S/C14H17BrFN3/c1-10-11(9-18-19-10)3-2-6-17-8-12-4-5-13(16)7-14(12)15/h4-5,7,9,17H,2-3,6,8H2,1H3,(H,18,19). The SMILES string of the molecule is Cc1[nH]ncc1CCCNCc1ccc(F)cc1Br. The van der Waals surface area contributed by atoms with E-state index >= 15 is 0 Å². The van der Waals surface area contributed by atoms with Gasteiger partial charge in [0.15, 0.2) is 0 Å². The summed E-state index contributed by atoms with van der Waals surface area (Å²) in [6.07, 6.45) is 3.95. The van der Waals surface area contributed by atoms with Crippen LogP contribution in [0.2, 0.25) is 0 Å². The van der Waals surface area contributed by atoms with Crippen LogP contribution in [0.5, 0.6) is 0 Å². The van der Waals surface area contributed by atoms with E-state index in [0.29, 0.717) is 0 Å². The maximum atomic E-state index is 12.9. The molecule has 2 aromatic rings. The van der Waals surface area contributed by atoms with Crippen molar-refractivity contribution in [1.29, 1.82) is 0 Å². The summed E-state index contributed by atoms with van der Waals surface area (Å²) in [4.78, 5) is 0. The first-order valence-corrected chi connectivity index (χ1v) is 7.09. The fourth-order valence-corrected chi connectivity index (χ4v) is 2.41. The molecule has 5 heteroatoms. The Labute approximate surface area is 120 Å². The summed E-state index contributed by atoms with van der Waals surface area (Å²) < 4.78 is 13.7. The van der Waals surface area contributed by atoms with Gasteiger partial charge < -0.3 is 5.32 Å². The van der Waals surface area contributed by atoms with Gasteiger partial charge in [-0.15, -0.1) is 0 Å². The molecule has 1 aromatic heterocycles. The van der Waals surface area contributed by atoms with Gasteiger partial charge in [-0.25, -0.2) is 4.39 Å². The fraction of sp³-hybridized carbons (Fsp3) is 0.357. The fourth-order valence-electron chi connectivity index (χ4n) is 1.92. The van der Waals surface area contributed by atoms with Crippen molar-refractivity contribution in [2.24, 2.45) is 0 Å². The van der Waals surface area contributed by atoms with E-state index in [2.05, 4.69) is 31.4 Å². The number of hydrogen-bond acceptors (Lipinski definition) is 2. The molecule has 0 unspecified atom stereocenters. The molecule has 1 aromatic carbocycles. The van der Waals surface area contributed by atoms with Crippen molar-refractivity contribution in [3.05, 3.63) is 51.5 Å². The lowest BCUT2D eigenvalue weighted by molar-refractivity contribution is 0.620. The Hall–Kier alpha value is -1.20. The van der Waals surface area contributed by atoms with Crippen LogP contribution in [0.1, 0.15) is 23.2 Å². The second kappa shape index (κ2) is 6.82. The number of H-pyrrole nitrogens is 1. The Morgan fingerprint density at radius 3 is 2.89 bits per heavy atom. The van der Waals surface area contributed by atoms with Crippen molar-refractivity contribution in [2.75, 3.05) is 6.54 Å². The normalized spacial score (nSPS) is 10.9. The third-order valence-corrected chi connectivity index (χ3v) is 3.80. The molecule has 102 valence electrons. The van der Waals surface area contributed by atoms with Crippen LogP contribution in [0.25, 0.3) is 0 Å². The summed E-state index contributed by atoms with van der Waals surface area (Å²) in [6.45, 7) is 3.70. The van der Waals surface area contributed by atoms with Crippen LogP contribution < -0.4 is 5.32 Å². The first-order chi connectivity index (χ1) is 9.16. The molecule has 0 fully saturated rings. The highest BCUT2D eigenvalue weighted by molar-refractivity contribution is 9.10. The highest BCUT2D eigenvalue weighted by Crippen LogP contribution is 2.17. The van der Waals surface area contributed by atoms with E-state index in [1.165, 1.54) is 17.7 Å². The minimum Gasteiger partial charge on any atom is -0.313 e. The molecule has 0 atom stereocenters. The van der Waals surface area contributed by atoms with Crippen molar-refractivity contribution < 1.29 is 4.39 Å². The Balaban J connectivity index is 1.71. The van der Waals surface area contributed by atoms with Gasteiger partial charge in [-0.05, 0) is 49.6 Å². The molecule has 19 heavy (non-hydrogen) atoms. The van der Waals surface area contributed by atoms with Crippen LogP contribution in [0.15, 0.2) is 28.9 Å². The Morgan fingerprint density at radius 1 is 1.37 bits per heavy atom. The number of benzene rings is 1. The first kappa shape index (κ1) is 14.2. The molecule has 0 spiro atoms. The van der Waals surface area contributed by atoms with Crippen LogP contribution in [-0.2, 0) is 13.0 Å². The van der Waals surface area contributed by atoms with E-state index in [1.54, 1.807) is 6.07 Å². The molecule has 0 radical (unpaired) electrons. The second-order valence-corrected chi connectivity index (χ2v) is 5.39. The third-order valence-electron chi connectivity index (χ3n) is 3.06. The number of halogens is 2. The zero-order chi connectivity index (χ0) is 13.7. The van der Waals surface area contributed by atoms with Crippen molar-refractivity contribution in [1.82, 2.24) is 15.5 Å². The smallest absolute Gasteiger partial charge is 0.124 e. The lowest BCUT2D eigenvalue weighted by Crippen LogP contribution is -2.15. The van der Waals surface area contributed by atoms with E-state index in [-0.39, 0.29) is 5.82 Å². The van der Waals surface area contributed by atoms with Gasteiger partial charge in [-0.1, -0.05) is 22.0 Å². The molecular formula is C14H17BrFN3. The molecule has 0 saturated carbocycles. The Morgan fingerprint density at radius 2 is 2.21 bits per heavy atom. The summed E-state index contributed by atoms with van der Waals surface area (Å²) in [5, 5.41) is 10.3. The quantitative estimate of drug-likeness (QED) is 0.800. The number of nitrogens with one attached hydrogen (secondary N) is 2. The molecule has 0 bridgehead atoms. The van der Waals surface area contributed by atoms with Crippen LogP contribution in [0.4, 0.5) is 4.39 Å². The second-order valence-electron chi connectivity index (χ2n) is 4.54. The van der Waals surface area contributed by atoms with Gasteiger partial charge in [0.05, 0.1) is 6.20 Å². The van der Waals surface area contributed by atoms with Crippen molar-refractivity contribution in [2.45, 2.75) is 26.3 Å². The highest BCUT2D eigenvalue weighted by Gasteiger charge is 2.02. The van der Waals surface area contributed by atoms with Crippen molar-refractivity contribution >= 4 is 15.9 Å². The zero-order valence-corrected chi connectivity index (χ0v) is 12.4. The number of aryl methyl sites for hydroxylation is 2. The summed E-state index contributed by atoms with van der Waals surface area (Å²) in [6, 6.07) is 4.77. The summed E-state index contributed by atoms with van der Waals surface area (Å²) in [5.74, 6) is -0.217. The number of aromatic nitrogens is 2. The predicted octanol–water partition coefficient (Wildman–Crippen LogP) is 3.34. The van der Waals surface area contributed by atoms with Gasteiger partial charge in [0.1, 0.15) is 5.82 Å². The molecule has 0 saturated heterocycles. The van der Waals surface area contributed by atoms with Crippen molar-refractivity contribution in [3.63, 3.8) is 0 Å². The molecule has 1 heterocycles. The van der Waals surface area contributed by atoms with Crippen LogP contribution in [-0.4, -0.2) is 16.7 Å². The van der Waals surface area contributed by atoms with E-state index in [9.17, 15) is 4.39 Å². The molecule has 2 rings (SSSR count). The minimum atomic E-state index is -0.217. The van der Waals surface area contributed by atoms with E-state index in [0.717, 1.165) is 41.7 Å². The van der Waals surface area contributed by atoms with Gasteiger partial charge >= 0.3 is 0 Å². The maximum Gasteiger partial charge on any atom is 0.124 e. The Bertz CT molecular complexity index is 539. The number of nitrogens with zero attached hydrogens (tertiary/aromatic N) is 1. The average molecular weight is 326 g/mol. The van der Waals surface area contributed by atoms with Crippen LogP contribution >= 0.6 is 15.9 Å². The maximum absolute atomic E-state index is 12.9. The highest BCUT2D eigenvalue weighted by atomic mass is 79.9. The summed E-state index contributed by atoms with van der Waals surface area (Å²) in [5.41, 5.74) is 3.48. The number of rotatable bonds is 6. The zero-order valence-electron chi connectivity index (χ0n) is 10.8. The van der Waals surface area contributed by atoms with Gasteiger partial charge in [-0.2, -0.15) is 5.10 Å². The lowest BCUT2D eigenvalue weighted by atomic mass is 10.1. The van der Waals surface area contributed by atoms with E-state index < -0.39 is 0 Å². The van der Waals surface area contributed by atoms with Gasteiger partial charge in [0, 0.05) is 16.7 Å². The monoisotopic (exact) mass is 325 g/mol. The Kier molecular flexibility index (Phi) is 5.10. The number of aromatic amines is 1. The predicted molar refractivity (Wildman–Crippen MR) is 77.5 cm³/mol. The van der Waals surface area contributed by atoms with Gasteiger partial charge in [-0.3, -0.25) is 5.10 Å². The van der Waals surface area contributed by atoms with Gasteiger partial charge in [0.2, 0.25) is 0 Å². The summed E-state index contributed by atoms with van der Waals surface area (Å²) >= 11 is 3.36. The lowest BCUT2D eigenvalue weighted by Gasteiger charge is -2.07. The molecule has 3 nitrogen and oxygen atoms in total. The van der Waals surface area contributed by atoms with E-state index in [1.807, 2.05) is 13.1 Å². The molecule has 0 amide bonds. The topological polar surface area (TPSA) is 40.7 Å². The van der Waals surface area contributed by atoms with Crippen molar-refractivity contribution in [3.8, 4) is 0 Å². The third kappa shape index (κ3) is 4.14. The molecule has 0 aliphatic carbocycles. The van der Waals surface area contributed by atoms with E-state index in [4.69, 9.17) is 0 Å². The molecule has 2 N–H and O–H groups in total. The van der Waals surface area contributed by atoms with Crippen LogP contribution in [0.3, 0.4) is 0 Å².